The van der Waals surface area contributed by atoms with Crippen molar-refractivity contribution in [2.24, 2.45) is 0 Å². The molecule has 0 spiro atoms. The van der Waals surface area contributed by atoms with Crippen molar-refractivity contribution >= 4 is 16.8 Å². The molecule has 0 unspecified atom stereocenters. The molecule has 4 nitrogen and oxygen atoms in total. The second-order valence-corrected chi connectivity index (χ2v) is 5.42. The van der Waals surface area contributed by atoms with Crippen LogP contribution >= 0.6 is 0 Å². The van der Waals surface area contributed by atoms with Crippen LogP contribution in [-0.4, -0.2) is 15.9 Å². The first kappa shape index (κ1) is 13.5. The molecule has 0 radical (unpaired) electrons. The van der Waals surface area contributed by atoms with Crippen molar-refractivity contribution < 1.29 is 4.79 Å². The van der Waals surface area contributed by atoms with Crippen molar-refractivity contribution in [3.63, 3.8) is 0 Å². The fourth-order valence-electron chi connectivity index (χ4n) is 2.67. The van der Waals surface area contributed by atoms with Crippen LogP contribution < -0.4 is 5.32 Å². The Morgan fingerprint density at radius 2 is 2.00 bits per heavy atom. The van der Waals surface area contributed by atoms with E-state index in [1.807, 2.05) is 44.3 Å². The minimum atomic E-state index is 0.0398. The average Bonchev–Trinajstić information content (AvgIpc) is 3.00. The summed E-state index contributed by atoms with van der Waals surface area (Å²) in [6.07, 6.45) is 2.31. The zero-order valence-corrected chi connectivity index (χ0v) is 12.3. The highest BCUT2D eigenvalue weighted by molar-refractivity contribution is 5.88. The van der Waals surface area contributed by atoms with Crippen LogP contribution in [0.3, 0.4) is 0 Å². The number of benzene rings is 1. The molecule has 2 heterocycles. The van der Waals surface area contributed by atoms with E-state index in [2.05, 4.69) is 21.4 Å². The number of carbonyl (C=O) groups excluding carboxylic acids is 1. The van der Waals surface area contributed by atoms with E-state index < -0.39 is 0 Å². The molecule has 0 aliphatic carbocycles. The highest BCUT2D eigenvalue weighted by Crippen LogP contribution is 2.18. The lowest BCUT2D eigenvalue weighted by Gasteiger charge is -2.04. The van der Waals surface area contributed by atoms with E-state index in [1.165, 1.54) is 0 Å². The average molecular weight is 281 g/mol. The molecule has 1 amide bonds. The van der Waals surface area contributed by atoms with Crippen molar-refractivity contribution in [1.29, 1.82) is 0 Å². The van der Waals surface area contributed by atoms with Gasteiger partial charge in [-0.25, -0.2) is 0 Å². The lowest BCUT2D eigenvalue weighted by molar-refractivity contribution is -0.120. The number of hydrogen-bond acceptors (Lipinski definition) is 1. The third-order valence-electron chi connectivity index (χ3n) is 3.76. The third kappa shape index (κ3) is 2.84. The number of aryl methyl sites for hydroxylation is 2. The van der Waals surface area contributed by atoms with Gasteiger partial charge in [-0.2, -0.15) is 0 Å². The molecule has 108 valence electrons. The largest absolute Gasteiger partial charge is 0.362 e. The smallest absolute Gasteiger partial charge is 0.224 e. The quantitative estimate of drug-likeness (QED) is 0.676. The molecular formula is C17H19N3O. The zero-order chi connectivity index (χ0) is 14.8. The summed E-state index contributed by atoms with van der Waals surface area (Å²) in [6.45, 7) is 4.61. The number of H-pyrrole nitrogens is 2. The van der Waals surface area contributed by atoms with Crippen molar-refractivity contribution in [3.05, 3.63) is 59.0 Å². The summed E-state index contributed by atoms with van der Waals surface area (Å²) in [6, 6.07) is 10.1. The van der Waals surface area contributed by atoms with Gasteiger partial charge in [-0.05, 0) is 37.1 Å². The lowest BCUT2D eigenvalue weighted by Crippen LogP contribution is -2.24. The molecule has 0 aliphatic rings. The molecule has 2 aromatic heterocycles. The van der Waals surface area contributed by atoms with E-state index in [0.29, 0.717) is 13.0 Å². The van der Waals surface area contributed by atoms with Crippen molar-refractivity contribution in [2.75, 3.05) is 0 Å². The Hall–Kier alpha value is -2.49. The summed E-state index contributed by atoms with van der Waals surface area (Å²) in [5.74, 6) is 0.0398. The molecule has 0 saturated heterocycles. The van der Waals surface area contributed by atoms with E-state index in [4.69, 9.17) is 0 Å². The number of aromatic nitrogens is 2. The van der Waals surface area contributed by atoms with Crippen molar-refractivity contribution in [2.45, 2.75) is 26.8 Å². The summed E-state index contributed by atoms with van der Waals surface area (Å²) in [5, 5.41) is 4.10. The molecule has 0 bridgehead atoms. The lowest BCUT2D eigenvalue weighted by atomic mass is 10.1. The summed E-state index contributed by atoms with van der Waals surface area (Å²) < 4.78 is 0. The Morgan fingerprint density at radius 1 is 1.19 bits per heavy atom. The Labute approximate surface area is 123 Å². The van der Waals surface area contributed by atoms with Crippen molar-refractivity contribution in [3.8, 4) is 0 Å². The molecule has 4 heteroatoms. The summed E-state index contributed by atoms with van der Waals surface area (Å²) in [5.41, 5.74) is 5.47. The SMILES string of the molecule is Cc1cc(CNC(=O)Cc2c[nH]c3ccccc23)c(C)[nH]1. The van der Waals surface area contributed by atoms with Gasteiger partial charge in [-0.15, -0.1) is 0 Å². The normalized spacial score (nSPS) is 11.0. The van der Waals surface area contributed by atoms with Crippen LogP contribution in [0.1, 0.15) is 22.5 Å². The number of rotatable bonds is 4. The molecule has 1 aromatic carbocycles. The second kappa shape index (κ2) is 5.48. The monoisotopic (exact) mass is 281 g/mol. The number of hydrogen-bond donors (Lipinski definition) is 3. The van der Waals surface area contributed by atoms with Crippen LogP contribution in [0.25, 0.3) is 10.9 Å². The fourth-order valence-corrected chi connectivity index (χ4v) is 2.67. The van der Waals surface area contributed by atoms with Gasteiger partial charge in [0.05, 0.1) is 6.42 Å². The van der Waals surface area contributed by atoms with Crippen molar-refractivity contribution in [1.82, 2.24) is 15.3 Å². The Morgan fingerprint density at radius 3 is 2.76 bits per heavy atom. The summed E-state index contributed by atoms with van der Waals surface area (Å²) in [4.78, 5) is 18.5. The van der Waals surface area contributed by atoms with Gasteiger partial charge in [0.2, 0.25) is 5.91 Å². The van der Waals surface area contributed by atoms with E-state index in [0.717, 1.165) is 33.4 Å². The number of para-hydroxylation sites is 1. The highest BCUT2D eigenvalue weighted by atomic mass is 16.1. The minimum absolute atomic E-state index is 0.0398. The number of amides is 1. The van der Waals surface area contributed by atoms with Crippen LogP contribution in [0.5, 0.6) is 0 Å². The van der Waals surface area contributed by atoms with Crippen LogP contribution in [-0.2, 0) is 17.8 Å². The van der Waals surface area contributed by atoms with E-state index in [9.17, 15) is 4.79 Å². The Bertz CT molecular complexity index is 782. The first-order valence-corrected chi connectivity index (χ1v) is 7.10. The number of fused-ring (bicyclic) bond motifs is 1. The number of aromatic amines is 2. The maximum atomic E-state index is 12.1. The standard InChI is InChI=1S/C17H19N3O/c1-11-7-13(12(2)20-11)9-19-17(21)8-14-10-18-16-6-4-3-5-15(14)16/h3-7,10,18,20H,8-9H2,1-2H3,(H,19,21). The summed E-state index contributed by atoms with van der Waals surface area (Å²) in [7, 11) is 0. The second-order valence-electron chi connectivity index (χ2n) is 5.42. The van der Waals surface area contributed by atoms with Gasteiger partial charge in [0.1, 0.15) is 0 Å². The van der Waals surface area contributed by atoms with Crippen LogP contribution in [0, 0.1) is 13.8 Å². The number of carbonyl (C=O) groups is 1. The van der Waals surface area contributed by atoms with E-state index >= 15 is 0 Å². The van der Waals surface area contributed by atoms with Crippen LogP contribution in [0.4, 0.5) is 0 Å². The van der Waals surface area contributed by atoms with Gasteiger partial charge in [0, 0.05) is 35.0 Å². The molecule has 0 aliphatic heterocycles. The number of nitrogens with one attached hydrogen (secondary N) is 3. The molecule has 3 N–H and O–H groups in total. The van der Waals surface area contributed by atoms with Gasteiger partial charge in [-0.3, -0.25) is 4.79 Å². The van der Waals surface area contributed by atoms with Gasteiger partial charge in [0.15, 0.2) is 0 Å². The van der Waals surface area contributed by atoms with Gasteiger partial charge < -0.3 is 15.3 Å². The third-order valence-corrected chi connectivity index (χ3v) is 3.76. The maximum absolute atomic E-state index is 12.1. The minimum Gasteiger partial charge on any atom is -0.362 e. The molecule has 21 heavy (non-hydrogen) atoms. The first-order valence-electron chi connectivity index (χ1n) is 7.10. The van der Waals surface area contributed by atoms with Gasteiger partial charge >= 0.3 is 0 Å². The van der Waals surface area contributed by atoms with Gasteiger partial charge in [-0.1, -0.05) is 18.2 Å². The Kier molecular flexibility index (Phi) is 3.52. The summed E-state index contributed by atoms with van der Waals surface area (Å²) >= 11 is 0. The van der Waals surface area contributed by atoms with E-state index in [-0.39, 0.29) is 5.91 Å². The maximum Gasteiger partial charge on any atom is 0.224 e. The van der Waals surface area contributed by atoms with E-state index in [1.54, 1.807) is 0 Å². The zero-order valence-electron chi connectivity index (χ0n) is 12.3. The Balaban J connectivity index is 1.65. The molecule has 3 aromatic rings. The molecule has 0 fully saturated rings. The predicted octanol–water partition coefficient (Wildman–Crippen LogP) is 2.97. The van der Waals surface area contributed by atoms with Crippen LogP contribution in [0.15, 0.2) is 36.5 Å². The van der Waals surface area contributed by atoms with Crippen LogP contribution in [0.2, 0.25) is 0 Å². The highest BCUT2D eigenvalue weighted by Gasteiger charge is 2.09. The van der Waals surface area contributed by atoms with Gasteiger partial charge in [0.25, 0.3) is 0 Å². The first-order chi connectivity index (χ1) is 10.1. The topological polar surface area (TPSA) is 60.7 Å². The molecular weight excluding hydrogens is 262 g/mol. The predicted molar refractivity (Wildman–Crippen MR) is 84.1 cm³/mol. The molecule has 0 atom stereocenters. The molecule has 0 saturated carbocycles. The molecule has 3 rings (SSSR count). The fraction of sp³-hybridized carbons (Fsp3) is 0.235.